The molecule has 0 aliphatic heterocycles. The van der Waals surface area contributed by atoms with E-state index in [9.17, 15) is 43.8 Å². The third-order valence-corrected chi connectivity index (χ3v) is 19.3. The van der Waals surface area contributed by atoms with Crippen molar-refractivity contribution >= 4 is 52.6 Å². The first-order chi connectivity index (χ1) is 31.7. The number of ether oxygens (including phenoxy) is 3. The Morgan fingerprint density at radius 3 is 1.40 bits per heavy atom. The molecule has 68 heavy (non-hydrogen) atoms. The van der Waals surface area contributed by atoms with Gasteiger partial charge < -0.3 is 24.4 Å². The van der Waals surface area contributed by atoms with Gasteiger partial charge in [-0.2, -0.15) is 0 Å². The molecule has 2 N–H and O–H groups in total. The first kappa shape index (κ1) is 52.0. The minimum atomic E-state index is -2.05. The highest BCUT2D eigenvalue weighted by molar-refractivity contribution is 6.29. The van der Waals surface area contributed by atoms with E-state index in [1.807, 2.05) is 20.8 Å². The average molecular weight is 972 g/mol. The van der Waals surface area contributed by atoms with Crippen LogP contribution in [0.5, 0.6) is 0 Å². The standard InChI is InChI=1S/C28H37FO7.C25H32ClFO5/c1-6-23(33)35-15-22(32)28(36-24(34)7-2)16(3)12-20-19-9-8-17-13-18(30)10-11-25(17,4)27(19,29)21(31)14-26(20,28)5;1-5-21(31)32-25(20(30)13-26)14(2)10-18-17-7-6-15-11-16(28)8-9-22(15,3)24(17,27)19(29)12-23(18,25)4/h10-11,13,16,19-21,31H,6-9,12,14-15H2,1-5H3;8-9,11,14,17-19,29H,5-7,10,12-13H2,1-4H3/t16-,19-,20-,21-,25-,26-,27-,28-;14-,17-,18-,19-,22-,23-,24-,25-/m00/s1. The van der Waals surface area contributed by atoms with Gasteiger partial charge in [0.15, 0.2) is 46.5 Å². The number of alkyl halides is 3. The maximum absolute atomic E-state index is 17.4. The molecule has 374 valence electrons. The van der Waals surface area contributed by atoms with Crippen LogP contribution in [0.4, 0.5) is 8.78 Å². The minimum absolute atomic E-state index is 0.0285. The molecule has 8 aliphatic carbocycles. The lowest BCUT2D eigenvalue weighted by Gasteiger charge is -2.62. The molecule has 0 aromatic carbocycles. The summed E-state index contributed by atoms with van der Waals surface area (Å²) in [4.78, 5) is 88.0. The fourth-order valence-corrected chi connectivity index (χ4v) is 16.0. The van der Waals surface area contributed by atoms with Crippen molar-refractivity contribution in [2.45, 2.75) is 168 Å². The van der Waals surface area contributed by atoms with Gasteiger partial charge in [-0.1, -0.05) is 71.8 Å². The SMILES string of the molecule is CCC(=O)OCC(=O)[C@@]1(OC(=O)CC)[C@@H](C)C[C@H]2[C@@H]3CCC4=CC(=O)C=C[C@]4(C)[C@@]3(F)[C@@H](O)C[C@@]21C.CCC(=O)O[C@]1(C(=O)CCl)[C@@H](C)C[C@H]2[C@@H]3CCC4=CC(=O)C=C[C@]4(C)[C@@]3(F)[C@@H](O)C[C@@]21C. The highest BCUT2D eigenvalue weighted by Crippen LogP contribution is 2.73. The second-order valence-corrected chi connectivity index (χ2v) is 22.2. The second-order valence-electron chi connectivity index (χ2n) is 21.9. The van der Waals surface area contributed by atoms with Gasteiger partial charge in [-0.15, -0.1) is 11.6 Å². The molecule has 15 heteroatoms. The van der Waals surface area contributed by atoms with Crippen molar-refractivity contribution in [3.8, 4) is 0 Å². The molecule has 0 spiro atoms. The van der Waals surface area contributed by atoms with Crippen LogP contribution in [0, 0.1) is 57.2 Å². The van der Waals surface area contributed by atoms with Gasteiger partial charge in [-0.3, -0.25) is 33.6 Å². The van der Waals surface area contributed by atoms with Gasteiger partial charge in [0.05, 0.1) is 18.1 Å². The summed E-state index contributed by atoms with van der Waals surface area (Å²) in [6, 6.07) is 0. The number of Topliss-reactive ketones (excluding diaryl/α,β-unsaturated/α-hetero) is 2. The zero-order chi connectivity index (χ0) is 50.4. The monoisotopic (exact) mass is 970 g/mol. The summed E-state index contributed by atoms with van der Waals surface area (Å²) >= 11 is 6.01. The highest BCUT2D eigenvalue weighted by Gasteiger charge is 2.79. The predicted molar refractivity (Wildman–Crippen MR) is 246 cm³/mol. The molecular formula is C53H69ClF2O12. The van der Waals surface area contributed by atoms with Gasteiger partial charge in [0.1, 0.15) is 0 Å². The van der Waals surface area contributed by atoms with E-state index in [1.54, 1.807) is 53.7 Å². The molecule has 0 radical (unpaired) electrons. The van der Waals surface area contributed by atoms with Crippen LogP contribution in [0.3, 0.4) is 0 Å². The first-order valence-electron chi connectivity index (χ1n) is 24.6. The van der Waals surface area contributed by atoms with Gasteiger partial charge in [-0.05, 0) is 101 Å². The summed E-state index contributed by atoms with van der Waals surface area (Å²) in [5, 5.41) is 22.9. The van der Waals surface area contributed by atoms with Crippen molar-refractivity contribution < 1.29 is 66.8 Å². The number of ketones is 4. The molecule has 16 atom stereocenters. The quantitative estimate of drug-likeness (QED) is 0.123. The fraction of sp³-hybridized carbons (Fsp3) is 0.717. The molecule has 6 fully saturated rings. The summed E-state index contributed by atoms with van der Waals surface area (Å²) in [7, 11) is 0. The molecule has 8 aliphatic rings. The van der Waals surface area contributed by atoms with Crippen molar-refractivity contribution in [2.24, 2.45) is 57.2 Å². The summed E-state index contributed by atoms with van der Waals surface area (Å²) in [5.74, 6) is -5.87. The minimum Gasteiger partial charge on any atom is -0.457 e. The van der Waals surface area contributed by atoms with Crippen LogP contribution in [-0.2, 0) is 47.8 Å². The number of fused-ring (bicyclic) bond motifs is 10. The van der Waals surface area contributed by atoms with E-state index in [0.29, 0.717) is 49.7 Å². The second kappa shape index (κ2) is 17.8. The zero-order valence-corrected chi connectivity index (χ0v) is 41.6. The Morgan fingerprint density at radius 1 is 0.647 bits per heavy atom. The van der Waals surface area contributed by atoms with Crippen LogP contribution >= 0.6 is 11.6 Å². The van der Waals surface area contributed by atoms with Crippen LogP contribution < -0.4 is 0 Å². The number of rotatable bonds is 10. The Balaban J connectivity index is 0.000000203. The fourth-order valence-electron chi connectivity index (χ4n) is 15.8. The Hall–Kier alpha value is -3.88. The number of halogens is 3. The molecule has 0 amide bonds. The normalized spacial score (nSPS) is 45.0. The van der Waals surface area contributed by atoms with Gasteiger partial charge in [-0.25, -0.2) is 8.78 Å². The number of carbonyl (C=O) groups is 7. The smallest absolute Gasteiger partial charge is 0.306 e. The van der Waals surface area contributed by atoms with Crippen molar-refractivity contribution in [3.05, 3.63) is 47.6 Å². The van der Waals surface area contributed by atoms with Crippen molar-refractivity contribution in [2.75, 3.05) is 12.5 Å². The molecular weight excluding hydrogens is 902 g/mol. The van der Waals surface area contributed by atoms with Gasteiger partial charge in [0, 0.05) is 64.6 Å². The Bertz CT molecular complexity index is 2290. The lowest BCUT2D eigenvalue weighted by atomic mass is 9.44. The van der Waals surface area contributed by atoms with Crippen LogP contribution in [-0.4, -0.2) is 98.5 Å². The molecule has 0 aromatic rings. The van der Waals surface area contributed by atoms with E-state index in [-0.39, 0.29) is 73.1 Å². The van der Waals surface area contributed by atoms with E-state index in [4.69, 9.17) is 25.8 Å². The number of hydrogen-bond donors (Lipinski definition) is 2. The third kappa shape index (κ3) is 6.92. The Morgan fingerprint density at radius 2 is 1.03 bits per heavy atom. The average Bonchev–Trinajstić information content (AvgIpc) is 3.65. The van der Waals surface area contributed by atoms with E-state index in [1.165, 1.54) is 24.3 Å². The number of esters is 3. The lowest BCUT2D eigenvalue weighted by molar-refractivity contribution is -0.228. The predicted octanol–water partition coefficient (Wildman–Crippen LogP) is 7.92. The van der Waals surface area contributed by atoms with E-state index in [2.05, 4.69) is 0 Å². The topological polar surface area (TPSA) is 188 Å². The Labute approximate surface area is 403 Å². The van der Waals surface area contributed by atoms with E-state index >= 15 is 8.78 Å². The summed E-state index contributed by atoms with van der Waals surface area (Å²) in [6.07, 6.45) is 8.99. The number of hydrogen-bond acceptors (Lipinski definition) is 12. The Kier molecular flexibility index (Phi) is 13.6. The van der Waals surface area contributed by atoms with E-state index in [0.717, 1.165) is 0 Å². The zero-order valence-electron chi connectivity index (χ0n) is 40.9. The van der Waals surface area contributed by atoms with Crippen LogP contribution in [0.25, 0.3) is 0 Å². The molecule has 0 aromatic heterocycles. The van der Waals surface area contributed by atoms with Crippen LogP contribution in [0.2, 0.25) is 0 Å². The van der Waals surface area contributed by atoms with Gasteiger partial charge in [0.2, 0.25) is 5.78 Å². The van der Waals surface area contributed by atoms with E-state index < -0.39 is 104 Å². The van der Waals surface area contributed by atoms with Crippen molar-refractivity contribution in [3.63, 3.8) is 0 Å². The molecule has 12 nitrogen and oxygen atoms in total. The number of allylic oxidation sites excluding steroid dienone is 8. The number of aliphatic hydroxyl groups excluding tert-OH is 2. The largest absolute Gasteiger partial charge is 0.457 e. The maximum Gasteiger partial charge on any atom is 0.306 e. The van der Waals surface area contributed by atoms with Gasteiger partial charge >= 0.3 is 17.9 Å². The van der Waals surface area contributed by atoms with Crippen LogP contribution in [0.15, 0.2) is 47.6 Å². The molecule has 0 heterocycles. The molecule has 8 rings (SSSR count). The molecule has 0 unspecified atom stereocenters. The number of carbonyl (C=O) groups excluding carboxylic acids is 7. The van der Waals surface area contributed by atoms with Crippen molar-refractivity contribution in [1.29, 1.82) is 0 Å². The molecule has 0 saturated heterocycles. The third-order valence-electron chi connectivity index (χ3n) is 19.1. The summed E-state index contributed by atoms with van der Waals surface area (Å²) in [5.41, 5.74) is -10.1. The molecule has 0 bridgehead atoms. The maximum atomic E-state index is 17.4. The first-order valence-corrected chi connectivity index (χ1v) is 25.1. The highest BCUT2D eigenvalue weighted by atomic mass is 35.5. The molecule has 6 saturated carbocycles. The summed E-state index contributed by atoms with van der Waals surface area (Å²) < 4.78 is 51.6. The number of aliphatic hydroxyl groups is 2. The van der Waals surface area contributed by atoms with Crippen molar-refractivity contribution in [1.82, 2.24) is 0 Å². The van der Waals surface area contributed by atoms with Crippen LogP contribution in [0.1, 0.15) is 133 Å². The lowest BCUT2D eigenvalue weighted by Crippen LogP contribution is -2.70. The summed E-state index contributed by atoms with van der Waals surface area (Å²) in [6.45, 7) is 15.2. The van der Waals surface area contributed by atoms with Gasteiger partial charge in [0.25, 0.3) is 0 Å².